The molecule has 0 saturated carbocycles. The zero-order chi connectivity index (χ0) is 7.56. The number of rotatable bonds is 2. The second-order valence-corrected chi connectivity index (χ2v) is 3.05. The Morgan fingerprint density at radius 3 is 2.80 bits per heavy atom. The van der Waals surface area contributed by atoms with Crippen LogP contribution in [0.3, 0.4) is 0 Å². The third kappa shape index (κ3) is 1.68. The maximum Gasteiger partial charge on any atom is 0.0840 e. The zero-order valence-electron chi connectivity index (χ0n) is 6.38. The minimum absolute atomic E-state index is 0.115. The summed E-state index contributed by atoms with van der Waals surface area (Å²) in [7, 11) is 0. The molecule has 0 aromatic carbocycles. The molecule has 0 bridgehead atoms. The van der Waals surface area contributed by atoms with E-state index in [9.17, 15) is 5.11 Å². The maximum absolute atomic E-state index is 9.44. The lowest BCUT2D eigenvalue weighted by Gasteiger charge is -2.21. The van der Waals surface area contributed by atoms with E-state index in [1.165, 1.54) is 0 Å². The molecule has 3 atom stereocenters. The van der Waals surface area contributed by atoms with Crippen LogP contribution in [0.15, 0.2) is 0 Å². The zero-order valence-corrected chi connectivity index (χ0v) is 6.38. The molecule has 1 rings (SSSR count). The molecule has 0 aliphatic carbocycles. The minimum Gasteiger partial charge on any atom is -0.390 e. The van der Waals surface area contributed by atoms with Crippen molar-refractivity contribution < 1.29 is 5.11 Å². The standard InChI is InChI=1S/C7H16N2O/c1-5(8)7(10)6-3-2-4-9-6/h5-7,9-10H,2-4,8H2,1H3. The molecule has 0 radical (unpaired) electrons. The third-order valence-electron chi connectivity index (χ3n) is 2.05. The summed E-state index contributed by atoms with van der Waals surface area (Å²) in [6, 6.07) is 0.121. The van der Waals surface area contributed by atoms with Crippen LogP contribution in [0.5, 0.6) is 0 Å². The molecule has 60 valence electrons. The number of nitrogens with two attached hydrogens (primary N) is 1. The van der Waals surface area contributed by atoms with Crippen molar-refractivity contribution in [3.05, 3.63) is 0 Å². The number of hydrogen-bond acceptors (Lipinski definition) is 3. The first kappa shape index (κ1) is 7.98. The van der Waals surface area contributed by atoms with E-state index in [0.717, 1.165) is 19.4 Å². The van der Waals surface area contributed by atoms with Crippen molar-refractivity contribution in [2.75, 3.05) is 6.54 Å². The molecule has 10 heavy (non-hydrogen) atoms. The van der Waals surface area contributed by atoms with E-state index in [-0.39, 0.29) is 18.2 Å². The van der Waals surface area contributed by atoms with Gasteiger partial charge < -0.3 is 16.2 Å². The monoisotopic (exact) mass is 144 g/mol. The van der Waals surface area contributed by atoms with Crippen molar-refractivity contribution >= 4 is 0 Å². The Bertz CT molecular complexity index is 99.8. The summed E-state index contributed by atoms with van der Waals surface area (Å²) in [5.41, 5.74) is 5.53. The molecular weight excluding hydrogens is 128 g/mol. The van der Waals surface area contributed by atoms with Crippen molar-refractivity contribution in [1.82, 2.24) is 5.32 Å². The molecule has 0 aromatic rings. The van der Waals surface area contributed by atoms with Crippen LogP contribution < -0.4 is 11.1 Å². The highest BCUT2D eigenvalue weighted by Crippen LogP contribution is 2.10. The molecule has 1 aliphatic rings. The Morgan fingerprint density at radius 2 is 2.40 bits per heavy atom. The highest BCUT2D eigenvalue weighted by molar-refractivity contribution is 4.85. The van der Waals surface area contributed by atoms with Gasteiger partial charge in [-0.25, -0.2) is 0 Å². The lowest BCUT2D eigenvalue weighted by Crippen LogP contribution is -2.45. The van der Waals surface area contributed by atoms with Crippen LogP contribution in [0.4, 0.5) is 0 Å². The van der Waals surface area contributed by atoms with Gasteiger partial charge in [0.2, 0.25) is 0 Å². The summed E-state index contributed by atoms with van der Waals surface area (Å²) < 4.78 is 0. The van der Waals surface area contributed by atoms with Gasteiger partial charge in [0.15, 0.2) is 0 Å². The lowest BCUT2D eigenvalue weighted by atomic mass is 10.0. The average Bonchev–Trinajstić information content (AvgIpc) is 2.36. The fraction of sp³-hybridized carbons (Fsp3) is 1.00. The molecule has 3 nitrogen and oxygen atoms in total. The predicted molar refractivity (Wildman–Crippen MR) is 40.7 cm³/mol. The number of aliphatic hydroxyl groups is 1. The third-order valence-corrected chi connectivity index (χ3v) is 2.05. The van der Waals surface area contributed by atoms with Gasteiger partial charge in [-0.15, -0.1) is 0 Å². The average molecular weight is 144 g/mol. The maximum atomic E-state index is 9.44. The van der Waals surface area contributed by atoms with Crippen LogP contribution in [0.2, 0.25) is 0 Å². The minimum atomic E-state index is -0.373. The van der Waals surface area contributed by atoms with Crippen molar-refractivity contribution in [1.29, 1.82) is 0 Å². The fourth-order valence-corrected chi connectivity index (χ4v) is 1.37. The Labute approximate surface area is 61.6 Å². The Hall–Kier alpha value is -0.120. The first-order valence-corrected chi connectivity index (χ1v) is 3.89. The smallest absolute Gasteiger partial charge is 0.0840 e. The Kier molecular flexibility index (Phi) is 2.65. The van der Waals surface area contributed by atoms with Gasteiger partial charge in [0, 0.05) is 12.1 Å². The largest absolute Gasteiger partial charge is 0.390 e. The van der Waals surface area contributed by atoms with Crippen molar-refractivity contribution in [3.63, 3.8) is 0 Å². The first-order chi connectivity index (χ1) is 4.72. The van der Waals surface area contributed by atoms with Crippen LogP contribution in [-0.4, -0.2) is 29.8 Å². The van der Waals surface area contributed by atoms with Gasteiger partial charge in [-0.05, 0) is 26.3 Å². The summed E-state index contributed by atoms with van der Waals surface area (Å²) in [5, 5.41) is 12.6. The Morgan fingerprint density at radius 1 is 1.70 bits per heavy atom. The lowest BCUT2D eigenvalue weighted by molar-refractivity contribution is 0.114. The van der Waals surface area contributed by atoms with Gasteiger partial charge >= 0.3 is 0 Å². The molecule has 1 aliphatic heterocycles. The highest BCUT2D eigenvalue weighted by Gasteiger charge is 2.24. The SMILES string of the molecule is CC(N)C(O)C1CCCN1. The normalized spacial score (nSPS) is 32.1. The molecule has 1 saturated heterocycles. The van der Waals surface area contributed by atoms with E-state index in [0.29, 0.717) is 0 Å². The first-order valence-electron chi connectivity index (χ1n) is 3.89. The number of nitrogens with one attached hydrogen (secondary N) is 1. The van der Waals surface area contributed by atoms with Crippen LogP contribution >= 0.6 is 0 Å². The summed E-state index contributed by atoms with van der Waals surface area (Å²) in [5.74, 6) is 0. The second kappa shape index (κ2) is 3.32. The molecule has 1 fully saturated rings. The summed E-state index contributed by atoms with van der Waals surface area (Å²) >= 11 is 0. The van der Waals surface area contributed by atoms with Gasteiger partial charge in [0.1, 0.15) is 0 Å². The second-order valence-electron chi connectivity index (χ2n) is 3.05. The molecule has 0 spiro atoms. The summed E-state index contributed by atoms with van der Waals surface area (Å²) in [6.07, 6.45) is 1.85. The van der Waals surface area contributed by atoms with E-state index in [1.807, 2.05) is 6.92 Å². The van der Waals surface area contributed by atoms with Crippen LogP contribution in [0.25, 0.3) is 0 Å². The van der Waals surface area contributed by atoms with Crippen molar-refractivity contribution in [2.45, 2.75) is 38.0 Å². The molecule has 4 N–H and O–H groups in total. The highest BCUT2D eigenvalue weighted by atomic mass is 16.3. The fourth-order valence-electron chi connectivity index (χ4n) is 1.37. The van der Waals surface area contributed by atoms with E-state index >= 15 is 0 Å². The molecular formula is C7H16N2O. The van der Waals surface area contributed by atoms with Gasteiger partial charge in [-0.1, -0.05) is 0 Å². The topological polar surface area (TPSA) is 58.3 Å². The van der Waals surface area contributed by atoms with Gasteiger partial charge in [0.05, 0.1) is 6.10 Å². The van der Waals surface area contributed by atoms with Gasteiger partial charge in [-0.3, -0.25) is 0 Å². The van der Waals surface area contributed by atoms with Crippen LogP contribution in [-0.2, 0) is 0 Å². The van der Waals surface area contributed by atoms with Crippen LogP contribution in [0.1, 0.15) is 19.8 Å². The van der Waals surface area contributed by atoms with E-state index in [4.69, 9.17) is 5.73 Å². The number of aliphatic hydroxyl groups excluding tert-OH is 1. The molecule has 0 amide bonds. The molecule has 1 heterocycles. The molecule has 0 aromatic heterocycles. The van der Waals surface area contributed by atoms with E-state index in [1.54, 1.807) is 0 Å². The summed E-state index contributed by atoms with van der Waals surface area (Å²) in [4.78, 5) is 0. The van der Waals surface area contributed by atoms with Gasteiger partial charge in [-0.2, -0.15) is 0 Å². The van der Waals surface area contributed by atoms with Crippen molar-refractivity contribution in [2.24, 2.45) is 5.73 Å². The molecule has 3 unspecified atom stereocenters. The van der Waals surface area contributed by atoms with Crippen LogP contribution in [0, 0.1) is 0 Å². The number of hydrogen-bond donors (Lipinski definition) is 3. The van der Waals surface area contributed by atoms with E-state index < -0.39 is 0 Å². The van der Waals surface area contributed by atoms with Gasteiger partial charge in [0.25, 0.3) is 0 Å². The quantitative estimate of drug-likeness (QED) is 0.487. The predicted octanol–water partition coefficient (Wildman–Crippen LogP) is -0.553. The van der Waals surface area contributed by atoms with E-state index in [2.05, 4.69) is 5.32 Å². The van der Waals surface area contributed by atoms with Crippen molar-refractivity contribution in [3.8, 4) is 0 Å². The Balaban J connectivity index is 2.32. The molecule has 3 heteroatoms. The summed E-state index contributed by atoms with van der Waals surface area (Å²) in [6.45, 7) is 2.86.